The Bertz CT molecular complexity index is 816. The van der Waals surface area contributed by atoms with Crippen molar-refractivity contribution >= 4 is 21.6 Å². The van der Waals surface area contributed by atoms with Gasteiger partial charge in [0.1, 0.15) is 4.90 Å². The zero-order chi connectivity index (χ0) is 16.2. The molecule has 0 aliphatic carbocycles. The quantitative estimate of drug-likeness (QED) is 0.786. The normalized spacial score (nSPS) is 11.4. The SMILES string of the molecule is C#CCN(Cc1cccc(C)n1)S(=O)(=O)c1cncc(Cl)c1. The Labute approximate surface area is 135 Å². The third-order valence-corrected chi connectivity index (χ3v) is 4.83. The first-order valence-electron chi connectivity index (χ1n) is 6.40. The van der Waals surface area contributed by atoms with Crippen molar-refractivity contribution in [2.24, 2.45) is 0 Å². The molecule has 0 aliphatic heterocycles. The number of aromatic nitrogens is 2. The third-order valence-electron chi connectivity index (χ3n) is 2.87. The Kier molecular flexibility index (Phi) is 5.14. The molecule has 0 aliphatic rings. The highest BCUT2D eigenvalue weighted by molar-refractivity contribution is 7.89. The number of hydrogen-bond donors (Lipinski definition) is 0. The number of hydrogen-bond acceptors (Lipinski definition) is 4. The topological polar surface area (TPSA) is 63.2 Å². The first kappa shape index (κ1) is 16.4. The van der Waals surface area contributed by atoms with Crippen LogP contribution in [0.25, 0.3) is 0 Å². The van der Waals surface area contributed by atoms with E-state index in [0.717, 1.165) is 5.69 Å². The van der Waals surface area contributed by atoms with E-state index in [9.17, 15) is 8.42 Å². The highest BCUT2D eigenvalue weighted by atomic mass is 35.5. The fourth-order valence-corrected chi connectivity index (χ4v) is 3.43. The lowest BCUT2D eigenvalue weighted by molar-refractivity contribution is 0.437. The lowest BCUT2D eigenvalue weighted by Crippen LogP contribution is -2.31. The molecule has 0 amide bonds. The largest absolute Gasteiger partial charge is 0.262 e. The Morgan fingerprint density at radius 3 is 2.77 bits per heavy atom. The van der Waals surface area contributed by atoms with E-state index >= 15 is 0 Å². The number of nitrogens with zero attached hydrogens (tertiary/aromatic N) is 3. The molecular formula is C15H14ClN3O2S. The van der Waals surface area contributed by atoms with Crippen molar-refractivity contribution in [2.45, 2.75) is 18.4 Å². The molecule has 2 rings (SSSR count). The fourth-order valence-electron chi connectivity index (χ4n) is 1.88. The molecule has 5 nitrogen and oxygen atoms in total. The van der Waals surface area contributed by atoms with Gasteiger partial charge in [-0.25, -0.2) is 8.42 Å². The summed E-state index contributed by atoms with van der Waals surface area (Å²) in [5, 5.41) is 0.246. The second-order valence-corrected chi connectivity index (χ2v) is 6.96. The summed E-state index contributed by atoms with van der Waals surface area (Å²) in [6.45, 7) is 1.86. The summed E-state index contributed by atoms with van der Waals surface area (Å²) in [6, 6.07) is 6.75. The number of rotatable bonds is 5. The van der Waals surface area contributed by atoms with Crippen LogP contribution in [0.15, 0.2) is 41.6 Å². The van der Waals surface area contributed by atoms with Crippen LogP contribution in [-0.2, 0) is 16.6 Å². The Morgan fingerprint density at radius 2 is 2.14 bits per heavy atom. The van der Waals surface area contributed by atoms with Crippen molar-refractivity contribution in [3.63, 3.8) is 0 Å². The van der Waals surface area contributed by atoms with Crippen LogP contribution < -0.4 is 0 Å². The molecule has 0 radical (unpaired) electrons. The van der Waals surface area contributed by atoms with E-state index in [1.807, 2.05) is 19.1 Å². The van der Waals surface area contributed by atoms with Crippen molar-refractivity contribution in [1.82, 2.24) is 14.3 Å². The van der Waals surface area contributed by atoms with Crippen LogP contribution in [0.3, 0.4) is 0 Å². The lowest BCUT2D eigenvalue weighted by Gasteiger charge is -2.19. The maximum Gasteiger partial charge on any atom is 0.245 e. The minimum atomic E-state index is -3.79. The summed E-state index contributed by atoms with van der Waals surface area (Å²) in [7, 11) is -3.79. The van der Waals surface area contributed by atoms with Crippen molar-refractivity contribution in [1.29, 1.82) is 0 Å². The molecule has 0 bridgehead atoms. The zero-order valence-corrected chi connectivity index (χ0v) is 13.5. The number of pyridine rings is 2. The van der Waals surface area contributed by atoms with Crippen molar-refractivity contribution < 1.29 is 8.42 Å². The molecule has 114 valence electrons. The molecule has 0 spiro atoms. The van der Waals surface area contributed by atoms with E-state index in [-0.39, 0.29) is 23.0 Å². The first-order valence-corrected chi connectivity index (χ1v) is 8.22. The Morgan fingerprint density at radius 1 is 1.36 bits per heavy atom. The summed E-state index contributed by atoms with van der Waals surface area (Å²) in [4.78, 5) is 8.12. The minimum absolute atomic E-state index is 0.00269. The Balaban J connectivity index is 2.37. The predicted octanol–water partition coefficient (Wildman–Crippen LogP) is 2.26. The van der Waals surface area contributed by atoms with Gasteiger partial charge < -0.3 is 0 Å². The lowest BCUT2D eigenvalue weighted by atomic mass is 10.3. The van der Waals surface area contributed by atoms with Crippen LogP contribution >= 0.6 is 11.6 Å². The van der Waals surface area contributed by atoms with E-state index in [1.165, 1.54) is 22.8 Å². The molecule has 2 heterocycles. The third kappa shape index (κ3) is 3.83. The van der Waals surface area contributed by atoms with E-state index in [1.54, 1.807) is 6.07 Å². The van der Waals surface area contributed by atoms with E-state index in [2.05, 4.69) is 15.9 Å². The van der Waals surface area contributed by atoms with E-state index < -0.39 is 10.0 Å². The molecule has 0 saturated heterocycles. The number of sulfonamides is 1. The number of halogens is 1. The summed E-state index contributed by atoms with van der Waals surface area (Å²) >= 11 is 5.82. The molecule has 0 aromatic carbocycles. The molecule has 0 fully saturated rings. The fraction of sp³-hybridized carbons (Fsp3) is 0.200. The summed E-state index contributed by atoms with van der Waals surface area (Å²) in [6.07, 6.45) is 7.91. The van der Waals surface area contributed by atoms with Gasteiger partial charge in [0.15, 0.2) is 0 Å². The van der Waals surface area contributed by atoms with Gasteiger partial charge in [-0.1, -0.05) is 23.6 Å². The van der Waals surface area contributed by atoms with Gasteiger partial charge in [0.2, 0.25) is 10.0 Å². The molecule has 0 unspecified atom stereocenters. The summed E-state index contributed by atoms with van der Waals surface area (Å²) < 4.78 is 26.5. The van der Waals surface area contributed by atoms with Crippen LogP contribution in [0.4, 0.5) is 0 Å². The maximum atomic E-state index is 12.7. The summed E-state index contributed by atoms with van der Waals surface area (Å²) in [5.41, 5.74) is 1.42. The van der Waals surface area contributed by atoms with Crippen LogP contribution in [0.2, 0.25) is 5.02 Å². The van der Waals surface area contributed by atoms with Gasteiger partial charge in [-0.15, -0.1) is 6.42 Å². The van der Waals surface area contributed by atoms with E-state index in [0.29, 0.717) is 5.69 Å². The van der Waals surface area contributed by atoms with Gasteiger partial charge in [0, 0.05) is 18.1 Å². The van der Waals surface area contributed by atoms with E-state index in [4.69, 9.17) is 18.0 Å². The average Bonchev–Trinajstić information content (AvgIpc) is 2.47. The number of aryl methyl sites for hydroxylation is 1. The van der Waals surface area contributed by atoms with Crippen molar-refractivity contribution in [3.05, 3.63) is 53.1 Å². The minimum Gasteiger partial charge on any atom is -0.262 e. The zero-order valence-electron chi connectivity index (χ0n) is 11.9. The van der Waals surface area contributed by atoms with Crippen LogP contribution in [0, 0.1) is 19.3 Å². The van der Waals surface area contributed by atoms with Crippen molar-refractivity contribution in [3.8, 4) is 12.3 Å². The molecule has 0 atom stereocenters. The van der Waals surface area contributed by atoms with Gasteiger partial charge in [0.05, 0.1) is 23.8 Å². The highest BCUT2D eigenvalue weighted by Crippen LogP contribution is 2.19. The molecule has 22 heavy (non-hydrogen) atoms. The van der Waals surface area contributed by atoms with Crippen molar-refractivity contribution in [2.75, 3.05) is 6.54 Å². The molecular weight excluding hydrogens is 322 g/mol. The molecule has 0 saturated carbocycles. The van der Waals surface area contributed by atoms with Gasteiger partial charge >= 0.3 is 0 Å². The van der Waals surface area contributed by atoms with Gasteiger partial charge in [-0.3, -0.25) is 9.97 Å². The average molecular weight is 336 g/mol. The van der Waals surface area contributed by atoms with Gasteiger partial charge in [-0.05, 0) is 25.1 Å². The monoisotopic (exact) mass is 335 g/mol. The number of terminal acetylenes is 1. The first-order chi connectivity index (χ1) is 10.4. The second-order valence-electron chi connectivity index (χ2n) is 4.59. The summed E-state index contributed by atoms with van der Waals surface area (Å²) in [5.74, 6) is 2.36. The molecule has 0 N–H and O–H groups in total. The molecule has 2 aromatic rings. The molecule has 7 heteroatoms. The van der Waals surface area contributed by atoms with Gasteiger partial charge in [0.25, 0.3) is 0 Å². The predicted molar refractivity (Wildman–Crippen MR) is 84.6 cm³/mol. The highest BCUT2D eigenvalue weighted by Gasteiger charge is 2.25. The standard InChI is InChI=1S/C15H14ClN3O2S/c1-3-7-19(11-14-6-4-5-12(2)18-14)22(20,21)15-8-13(16)9-17-10-15/h1,4-6,8-10H,7,11H2,2H3. The smallest absolute Gasteiger partial charge is 0.245 e. The van der Waals surface area contributed by atoms with Gasteiger partial charge in [-0.2, -0.15) is 4.31 Å². The second kappa shape index (κ2) is 6.88. The Hall–Kier alpha value is -1.94. The van der Waals surface area contributed by atoms with Crippen LogP contribution in [0.5, 0.6) is 0 Å². The molecule has 2 aromatic heterocycles. The van der Waals surface area contributed by atoms with Crippen LogP contribution in [0.1, 0.15) is 11.4 Å². The van der Waals surface area contributed by atoms with Crippen LogP contribution in [-0.4, -0.2) is 29.2 Å². The maximum absolute atomic E-state index is 12.7.